The Morgan fingerprint density at radius 2 is 1.70 bits per heavy atom. The highest BCUT2D eigenvalue weighted by molar-refractivity contribution is 5.96. The summed E-state index contributed by atoms with van der Waals surface area (Å²) in [6, 6.07) is 14.7. The summed E-state index contributed by atoms with van der Waals surface area (Å²) in [5, 5.41) is 6.96. The van der Waals surface area contributed by atoms with E-state index in [9.17, 15) is 9.59 Å². The van der Waals surface area contributed by atoms with Crippen LogP contribution in [0.4, 0.5) is 5.69 Å². The summed E-state index contributed by atoms with van der Waals surface area (Å²) in [6.07, 6.45) is 7.03. The lowest BCUT2D eigenvalue weighted by molar-refractivity contribution is -0.120. The van der Waals surface area contributed by atoms with Crippen LogP contribution in [-0.4, -0.2) is 18.0 Å². The van der Waals surface area contributed by atoms with Gasteiger partial charge >= 0.3 is 0 Å². The number of nitrogens with one attached hydrogen (secondary N) is 2. The second-order valence-electron chi connectivity index (χ2n) is 6.96. The van der Waals surface area contributed by atoms with Gasteiger partial charge in [0.25, 0.3) is 5.91 Å². The van der Waals surface area contributed by atoms with Gasteiger partial charge in [-0.1, -0.05) is 43.5 Å². The monoisotopic (exact) mass is 363 g/mol. The lowest BCUT2D eigenvalue weighted by atomic mass is 9.88. The number of amides is 2. The van der Waals surface area contributed by atoms with E-state index in [0.29, 0.717) is 11.3 Å². The zero-order valence-corrected chi connectivity index (χ0v) is 15.6. The van der Waals surface area contributed by atoms with E-state index in [1.807, 2.05) is 31.2 Å². The van der Waals surface area contributed by atoms with Crippen LogP contribution in [0, 0.1) is 12.8 Å². The minimum Gasteiger partial charge on any atom is -0.326 e. The molecule has 1 fully saturated rings. The molecule has 0 aliphatic heterocycles. The van der Waals surface area contributed by atoms with Crippen molar-refractivity contribution in [1.29, 1.82) is 0 Å². The van der Waals surface area contributed by atoms with Crippen molar-refractivity contribution in [2.24, 2.45) is 11.0 Å². The molecule has 0 spiro atoms. The Hall–Kier alpha value is -2.95. The fourth-order valence-corrected chi connectivity index (χ4v) is 3.27. The molecule has 1 aliphatic carbocycles. The van der Waals surface area contributed by atoms with Gasteiger partial charge in [0, 0.05) is 17.2 Å². The average molecular weight is 363 g/mol. The predicted octanol–water partition coefficient (Wildman–Crippen LogP) is 4.28. The minimum absolute atomic E-state index is 0.0785. The van der Waals surface area contributed by atoms with Gasteiger partial charge in [-0.25, -0.2) is 5.43 Å². The van der Waals surface area contributed by atoms with E-state index < -0.39 is 0 Å². The van der Waals surface area contributed by atoms with Crippen LogP contribution < -0.4 is 10.7 Å². The van der Waals surface area contributed by atoms with E-state index in [-0.39, 0.29) is 17.7 Å². The highest BCUT2D eigenvalue weighted by atomic mass is 16.2. The summed E-state index contributed by atoms with van der Waals surface area (Å²) in [6.45, 7) is 1.99. The van der Waals surface area contributed by atoms with Gasteiger partial charge < -0.3 is 5.32 Å². The maximum Gasteiger partial charge on any atom is 0.271 e. The van der Waals surface area contributed by atoms with Crippen LogP contribution in [0.15, 0.2) is 53.6 Å². The van der Waals surface area contributed by atoms with E-state index in [1.54, 1.807) is 30.5 Å². The number of benzene rings is 2. The number of hydrogen-bond donors (Lipinski definition) is 2. The van der Waals surface area contributed by atoms with Gasteiger partial charge in [-0.05, 0) is 55.2 Å². The third-order valence-electron chi connectivity index (χ3n) is 4.95. The zero-order valence-electron chi connectivity index (χ0n) is 15.6. The molecule has 3 rings (SSSR count). The molecule has 0 radical (unpaired) electrons. The van der Waals surface area contributed by atoms with Crippen LogP contribution in [0.25, 0.3) is 0 Å². The Morgan fingerprint density at radius 1 is 1.00 bits per heavy atom. The Morgan fingerprint density at radius 3 is 2.41 bits per heavy atom. The van der Waals surface area contributed by atoms with Crippen molar-refractivity contribution in [3.63, 3.8) is 0 Å². The number of aryl methyl sites for hydroxylation is 1. The maximum absolute atomic E-state index is 12.3. The molecule has 1 saturated carbocycles. The molecule has 0 bridgehead atoms. The van der Waals surface area contributed by atoms with Crippen molar-refractivity contribution >= 4 is 23.7 Å². The molecule has 5 nitrogen and oxygen atoms in total. The Kier molecular flexibility index (Phi) is 6.36. The van der Waals surface area contributed by atoms with Crippen LogP contribution in [-0.2, 0) is 4.79 Å². The number of nitrogens with zero attached hydrogens (tertiary/aromatic N) is 1. The summed E-state index contributed by atoms with van der Waals surface area (Å²) < 4.78 is 0. The van der Waals surface area contributed by atoms with E-state index in [0.717, 1.165) is 36.8 Å². The quantitative estimate of drug-likeness (QED) is 0.615. The summed E-state index contributed by atoms with van der Waals surface area (Å²) in [5.74, 6) is -0.0998. The number of hydrogen-bond acceptors (Lipinski definition) is 3. The van der Waals surface area contributed by atoms with Crippen molar-refractivity contribution in [3.05, 3.63) is 65.2 Å². The first-order valence-electron chi connectivity index (χ1n) is 9.43. The Labute approximate surface area is 159 Å². The highest BCUT2D eigenvalue weighted by Crippen LogP contribution is 2.25. The van der Waals surface area contributed by atoms with Crippen molar-refractivity contribution in [3.8, 4) is 0 Å². The van der Waals surface area contributed by atoms with Crippen molar-refractivity contribution < 1.29 is 9.59 Å². The Bertz CT molecular complexity index is 822. The van der Waals surface area contributed by atoms with Gasteiger partial charge in [0.05, 0.1) is 6.21 Å². The third-order valence-corrected chi connectivity index (χ3v) is 4.95. The fourth-order valence-electron chi connectivity index (χ4n) is 3.27. The van der Waals surface area contributed by atoms with Gasteiger partial charge in [0.15, 0.2) is 0 Å². The van der Waals surface area contributed by atoms with Gasteiger partial charge in [-0.15, -0.1) is 0 Å². The third kappa shape index (κ3) is 5.26. The number of carbonyl (C=O) groups is 2. The number of hydrazone groups is 1. The molecule has 0 saturated heterocycles. The van der Waals surface area contributed by atoms with Crippen molar-refractivity contribution in [2.45, 2.75) is 39.0 Å². The normalized spacial score (nSPS) is 14.9. The minimum atomic E-state index is -0.287. The van der Waals surface area contributed by atoms with Crippen LogP contribution in [0.1, 0.15) is 53.6 Å². The molecule has 2 aromatic carbocycles. The SMILES string of the molecule is Cc1ccccc1C=NNC(=O)c1ccc(NC(=O)C2CCCCC2)cc1. The molecular weight excluding hydrogens is 338 g/mol. The summed E-state index contributed by atoms with van der Waals surface area (Å²) >= 11 is 0. The Balaban J connectivity index is 1.54. The van der Waals surface area contributed by atoms with Crippen LogP contribution in [0.2, 0.25) is 0 Å². The van der Waals surface area contributed by atoms with Crippen LogP contribution >= 0.6 is 0 Å². The molecule has 2 N–H and O–H groups in total. The molecular formula is C22H25N3O2. The summed E-state index contributed by atoms with van der Waals surface area (Å²) in [7, 11) is 0. The second kappa shape index (κ2) is 9.12. The van der Waals surface area contributed by atoms with E-state index in [4.69, 9.17) is 0 Å². The van der Waals surface area contributed by atoms with E-state index in [2.05, 4.69) is 15.8 Å². The first-order chi connectivity index (χ1) is 13.1. The molecule has 5 heteroatoms. The maximum atomic E-state index is 12.3. The zero-order chi connectivity index (χ0) is 19.1. The smallest absolute Gasteiger partial charge is 0.271 e. The van der Waals surface area contributed by atoms with Crippen LogP contribution in [0.5, 0.6) is 0 Å². The van der Waals surface area contributed by atoms with Crippen molar-refractivity contribution in [1.82, 2.24) is 5.43 Å². The first kappa shape index (κ1) is 18.8. The topological polar surface area (TPSA) is 70.6 Å². The van der Waals surface area contributed by atoms with Gasteiger partial charge in [0.1, 0.15) is 0 Å². The average Bonchev–Trinajstić information content (AvgIpc) is 2.70. The van der Waals surface area contributed by atoms with Crippen molar-refractivity contribution in [2.75, 3.05) is 5.32 Å². The number of rotatable bonds is 5. The largest absolute Gasteiger partial charge is 0.326 e. The number of anilines is 1. The summed E-state index contributed by atoms with van der Waals surface area (Å²) in [4.78, 5) is 24.5. The van der Waals surface area contributed by atoms with E-state index >= 15 is 0 Å². The second-order valence-corrected chi connectivity index (χ2v) is 6.96. The molecule has 1 aliphatic rings. The summed E-state index contributed by atoms with van der Waals surface area (Å²) in [5.41, 5.74) is 5.78. The highest BCUT2D eigenvalue weighted by Gasteiger charge is 2.21. The molecule has 27 heavy (non-hydrogen) atoms. The fraction of sp³-hybridized carbons (Fsp3) is 0.318. The van der Waals surface area contributed by atoms with Crippen LogP contribution in [0.3, 0.4) is 0 Å². The molecule has 0 unspecified atom stereocenters. The molecule has 140 valence electrons. The van der Waals surface area contributed by atoms with Gasteiger partial charge in [-0.3, -0.25) is 9.59 Å². The standard InChI is InChI=1S/C22H25N3O2/c1-16-7-5-6-10-19(16)15-23-25-22(27)18-11-13-20(14-12-18)24-21(26)17-8-3-2-4-9-17/h5-7,10-15,17H,2-4,8-9H2,1H3,(H,24,26)(H,25,27). The molecule has 0 atom stereocenters. The van der Waals surface area contributed by atoms with Gasteiger partial charge in [0.2, 0.25) is 5.91 Å². The molecule has 0 heterocycles. The van der Waals surface area contributed by atoms with Gasteiger partial charge in [-0.2, -0.15) is 5.10 Å². The lowest BCUT2D eigenvalue weighted by Crippen LogP contribution is -2.24. The lowest BCUT2D eigenvalue weighted by Gasteiger charge is -2.20. The molecule has 2 aromatic rings. The van der Waals surface area contributed by atoms with E-state index in [1.165, 1.54) is 6.42 Å². The number of carbonyl (C=O) groups excluding carboxylic acids is 2. The predicted molar refractivity (Wildman–Crippen MR) is 108 cm³/mol. The molecule has 0 aromatic heterocycles. The first-order valence-corrected chi connectivity index (χ1v) is 9.43. The molecule has 2 amide bonds.